The smallest absolute Gasteiger partial charge is 0.246 e. The van der Waals surface area contributed by atoms with Crippen LogP contribution in [0.4, 0.5) is 4.39 Å². The van der Waals surface area contributed by atoms with Gasteiger partial charge in [-0.15, -0.1) is 0 Å². The van der Waals surface area contributed by atoms with Gasteiger partial charge in [-0.05, 0) is 56.3 Å². The van der Waals surface area contributed by atoms with Crippen LogP contribution < -0.4 is 11.2 Å². The molecule has 0 radical (unpaired) electrons. The van der Waals surface area contributed by atoms with E-state index in [1.807, 2.05) is 0 Å². The molecule has 1 aromatic carbocycles. The van der Waals surface area contributed by atoms with Crippen molar-refractivity contribution >= 4 is 5.91 Å². The normalized spacial score (nSPS) is 12.2. The summed E-state index contributed by atoms with van der Waals surface area (Å²) in [6.07, 6.45) is 2.81. The van der Waals surface area contributed by atoms with Crippen molar-refractivity contribution in [1.82, 2.24) is 5.48 Å². The van der Waals surface area contributed by atoms with E-state index in [0.717, 1.165) is 18.4 Å². The number of nitrogens with two attached hydrogens (primary N) is 1. The van der Waals surface area contributed by atoms with Crippen molar-refractivity contribution in [2.24, 2.45) is 11.7 Å². The number of halogens is 1. The van der Waals surface area contributed by atoms with E-state index in [4.69, 9.17) is 10.9 Å². The van der Waals surface area contributed by atoms with Crippen LogP contribution in [0.2, 0.25) is 0 Å². The number of hydroxylamine groups is 1. The van der Waals surface area contributed by atoms with Gasteiger partial charge in [-0.2, -0.15) is 0 Å². The molecule has 1 atom stereocenters. The molecule has 4 nitrogen and oxygen atoms in total. The van der Waals surface area contributed by atoms with Gasteiger partial charge in [-0.25, -0.2) is 9.87 Å². The van der Waals surface area contributed by atoms with Gasteiger partial charge in [0.1, 0.15) is 5.82 Å². The molecule has 0 heterocycles. The number of carbonyl (C=O) groups excluding carboxylic acids is 1. The van der Waals surface area contributed by atoms with Gasteiger partial charge in [0, 0.05) is 5.92 Å². The van der Waals surface area contributed by atoms with Crippen molar-refractivity contribution in [1.29, 1.82) is 0 Å². The van der Waals surface area contributed by atoms with Crippen molar-refractivity contribution < 1.29 is 14.4 Å². The van der Waals surface area contributed by atoms with Crippen LogP contribution in [0, 0.1) is 25.6 Å². The van der Waals surface area contributed by atoms with Crippen LogP contribution in [-0.4, -0.2) is 17.7 Å². The largest absolute Gasteiger partial charge is 0.330 e. The monoisotopic (exact) mass is 282 g/mol. The molecule has 5 heteroatoms. The lowest BCUT2D eigenvalue weighted by Crippen LogP contribution is -2.29. The van der Waals surface area contributed by atoms with Crippen molar-refractivity contribution in [3.63, 3.8) is 0 Å². The molecule has 1 rings (SSSR count). The van der Waals surface area contributed by atoms with Crippen molar-refractivity contribution in [2.75, 3.05) is 6.54 Å². The van der Waals surface area contributed by atoms with Crippen LogP contribution in [0.5, 0.6) is 0 Å². The van der Waals surface area contributed by atoms with Crippen LogP contribution >= 0.6 is 0 Å². The summed E-state index contributed by atoms with van der Waals surface area (Å²) in [5.74, 6) is -0.933. The van der Waals surface area contributed by atoms with Gasteiger partial charge >= 0.3 is 0 Å². The molecule has 0 saturated carbocycles. The molecule has 1 aromatic rings. The van der Waals surface area contributed by atoms with E-state index < -0.39 is 5.91 Å². The van der Waals surface area contributed by atoms with E-state index >= 15 is 0 Å². The first-order valence-electron chi connectivity index (χ1n) is 6.89. The highest BCUT2D eigenvalue weighted by molar-refractivity contribution is 5.77. The number of benzene rings is 1. The van der Waals surface area contributed by atoms with Crippen LogP contribution in [0.25, 0.3) is 0 Å². The molecule has 0 aliphatic carbocycles. The third-order valence-electron chi connectivity index (χ3n) is 3.47. The number of rotatable bonds is 7. The Morgan fingerprint density at radius 1 is 1.35 bits per heavy atom. The maximum Gasteiger partial charge on any atom is 0.246 e. The zero-order valence-corrected chi connectivity index (χ0v) is 12.1. The standard InChI is InChI=1S/C15H23FN2O2/c1-10-7-12(8-11(2)14(10)16)9-13(15(19)18-20)5-3-4-6-17/h7-8,13,20H,3-6,9,17H2,1-2H3,(H,18,19)/t13-/m0/s1. The fourth-order valence-electron chi connectivity index (χ4n) is 2.39. The molecule has 0 fully saturated rings. The Morgan fingerprint density at radius 2 is 1.95 bits per heavy atom. The fourth-order valence-corrected chi connectivity index (χ4v) is 2.39. The number of amides is 1. The summed E-state index contributed by atoms with van der Waals surface area (Å²) < 4.78 is 13.6. The molecule has 0 aromatic heterocycles. The first kappa shape index (κ1) is 16.6. The molecule has 0 saturated heterocycles. The minimum absolute atomic E-state index is 0.208. The summed E-state index contributed by atoms with van der Waals surface area (Å²) in [5.41, 5.74) is 9.20. The molecule has 112 valence electrons. The van der Waals surface area contributed by atoms with Crippen molar-refractivity contribution in [3.8, 4) is 0 Å². The fraction of sp³-hybridized carbons (Fsp3) is 0.533. The first-order valence-corrected chi connectivity index (χ1v) is 6.89. The SMILES string of the molecule is Cc1cc(C[C@H](CCCCN)C(=O)NO)cc(C)c1F. The Bertz CT molecular complexity index is 440. The number of hydrogen-bond acceptors (Lipinski definition) is 3. The quantitative estimate of drug-likeness (QED) is 0.408. The molecule has 1 amide bonds. The molecule has 0 unspecified atom stereocenters. The van der Waals surface area contributed by atoms with E-state index in [9.17, 15) is 9.18 Å². The van der Waals surface area contributed by atoms with Gasteiger partial charge in [-0.3, -0.25) is 10.0 Å². The predicted octanol–water partition coefficient (Wildman–Crippen LogP) is 2.24. The third kappa shape index (κ3) is 4.58. The number of carbonyl (C=O) groups is 1. The van der Waals surface area contributed by atoms with Crippen LogP contribution in [-0.2, 0) is 11.2 Å². The number of hydrogen-bond donors (Lipinski definition) is 3. The molecule has 0 aliphatic heterocycles. The number of unbranched alkanes of at least 4 members (excludes halogenated alkanes) is 1. The second-order valence-electron chi connectivity index (χ2n) is 5.21. The van der Waals surface area contributed by atoms with Gasteiger partial charge in [0.2, 0.25) is 5.91 Å². The van der Waals surface area contributed by atoms with Crippen LogP contribution in [0.3, 0.4) is 0 Å². The van der Waals surface area contributed by atoms with E-state index in [1.165, 1.54) is 0 Å². The number of nitrogens with one attached hydrogen (secondary N) is 1. The zero-order valence-electron chi connectivity index (χ0n) is 12.1. The molecule has 0 aliphatic rings. The minimum Gasteiger partial charge on any atom is -0.330 e. The van der Waals surface area contributed by atoms with Gasteiger partial charge < -0.3 is 5.73 Å². The average Bonchev–Trinajstić information content (AvgIpc) is 2.43. The Labute approximate surface area is 119 Å². The molecular weight excluding hydrogens is 259 g/mol. The summed E-state index contributed by atoms with van der Waals surface area (Å²) >= 11 is 0. The zero-order chi connectivity index (χ0) is 15.1. The maximum atomic E-state index is 13.6. The summed E-state index contributed by atoms with van der Waals surface area (Å²) in [6, 6.07) is 3.51. The second-order valence-corrected chi connectivity index (χ2v) is 5.21. The maximum absolute atomic E-state index is 13.6. The number of aryl methyl sites for hydroxylation is 2. The van der Waals surface area contributed by atoms with Crippen LogP contribution in [0.15, 0.2) is 12.1 Å². The highest BCUT2D eigenvalue weighted by Gasteiger charge is 2.19. The molecule has 4 N–H and O–H groups in total. The van der Waals surface area contributed by atoms with E-state index in [-0.39, 0.29) is 11.7 Å². The second kappa shape index (κ2) is 7.97. The molecule has 0 spiro atoms. The Morgan fingerprint density at radius 3 is 2.45 bits per heavy atom. The average molecular weight is 282 g/mol. The van der Waals surface area contributed by atoms with E-state index in [0.29, 0.717) is 30.5 Å². The van der Waals surface area contributed by atoms with E-state index in [1.54, 1.807) is 31.5 Å². The third-order valence-corrected chi connectivity index (χ3v) is 3.47. The summed E-state index contributed by atoms with van der Waals surface area (Å²) in [6.45, 7) is 4.00. The van der Waals surface area contributed by atoms with Gasteiger partial charge in [-0.1, -0.05) is 18.6 Å². The summed E-state index contributed by atoms with van der Waals surface area (Å²) in [4.78, 5) is 11.7. The molecular formula is C15H23FN2O2. The summed E-state index contributed by atoms with van der Waals surface area (Å²) in [5, 5.41) is 8.81. The Kier molecular flexibility index (Phi) is 6.61. The van der Waals surface area contributed by atoms with Gasteiger partial charge in [0.05, 0.1) is 0 Å². The molecule has 0 bridgehead atoms. The highest BCUT2D eigenvalue weighted by Crippen LogP contribution is 2.20. The summed E-state index contributed by atoms with van der Waals surface area (Å²) in [7, 11) is 0. The lowest BCUT2D eigenvalue weighted by Gasteiger charge is -2.16. The lowest BCUT2D eigenvalue weighted by atomic mass is 9.92. The van der Waals surface area contributed by atoms with Crippen LogP contribution in [0.1, 0.15) is 36.0 Å². The predicted molar refractivity (Wildman–Crippen MR) is 75.9 cm³/mol. The van der Waals surface area contributed by atoms with Crippen molar-refractivity contribution in [2.45, 2.75) is 39.5 Å². The highest BCUT2D eigenvalue weighted by atomic mass is 19.1. The lowest BCUT2D eigenvalue weighted by molar-refractivity contribution is -0.133. The Balaban J connectivity index is 2.81. The molecule has 20 heavy (non-hydrogen) atoms. The van der Waals surface area contributed by atoms with Crippen molar-refractivity contribution in [3.05, 3.63) is 34.6 Å². The Hall–Kier alpha value is -1.46. The van der Waals surface area contributed by atoms with E-state index in [2.05, 4.69) is 0 Å². The van der Waals surface area contributed by atoms with Gasteiger partial charge in [0.15, 0.2) is 0 Å². The topological polar surface area (TPSA) is 75.4 Å². The first-order chi connectivity index (χ1) is 9.49. The minimum atomic E-state index is -0.401. The van der Waals surface area contributed by atoms with Gasteiger partial charge in [0.25, 0.3) is 0 Å².